The first-order valence-electron chi connectivity index (χ1n) is 6.14. The van der Waals surface area contributed by atoms with Crippen molar-refractivity contribution in [3.8, 4) is 5.75 Å². The minimum Gasteiger partial charge on any atom is -0.482 e. The van der Waals surface area contributed by atoms with E-state index in [0.29, 0.717) is 21.7 Å². The van der Waals surface area contributed by atoms with Gasteiger partial charge in [-0.15, -0.1) is 0 Å². The van der Waals surface area contributed by atoms with Crippen LogP contribution in [-0.4, -0.2) is 30.6 Å². The molecule has 2 rings (SSSR count). The minimum absolute atomic E-state index is 0.160. The number of aromatic amines is 1. The van der Waals surface area contributed by atoms with E-state index < -0.39 is 5.97 Å². The van der Waals surface area contributed by atoms with Crippen molar-refractivity contribution in [3.05, 3.63) is 45.1 Å². The second-order valence-electron chi connectivity index (χ2n) is 4.19. The highest BCUT2D eigenvalue weighted by atomic mass is 79.9. The third-order valence-electron chi connectivity index (χ3n) is 2.67. The Morgan fingerprint density at radius 1 is 1.23 bits per heavy atom. The number of aromatic nitrogens is 1. The predicted octanol–water partition coefficient (Wildman–Crippen LogP) is 3.34. The number of halogens is 2. The molecule has 2 aromatic rings. The third-order valence-corrected chi connectivity index (χ3v) is 4.45. The van der Waals surface area contributed by atoms with Gasteiger partial charge in [-0.2, -0.15) is 0 Å². The lowest BCUT2D eigenvalue weighted by molar-refractivity contribution is -0.142. The topological polar surface area (TPSA) is 80.4 Å². The van der Waals surface area contributed by atoms with Gasteiger partial charge in [-0.25, -0.2) is 4.79 Å². The first-order chi connectivity index (χ1) is 10.5. The number of amides is 1. The molecule has 0 atom stereocenters. The molecule has 1 amide bonds. The molecule has 1 heterocycles. The molecule has 0 aliphatic heterocycles. The molecule has 2 N–H and O–H groups in total. The zero-order valence-electron chi connectivity index (χ0n) is 11.5. The number of anilines is 1. The van der Waals surface area contributed by atoms with Crippen LogP contribution in [0.15, 0.2) is 39.4 Å². The van der Waals surface area contributed by atoms with Crippen LogP contribution in [0.25, 0.3) is 0 Å². The molecular weight excluding hydrogens is 420 g/mol. The van der Waals surface area contributed by atoms with Crippen LogP contribution in [0, 0.1) is 0 Å². The maximum Gasteiger partial charge on any atom is 0.343 e. The van der Waals surface area contributed by atoms with Crippen molar-refractivity contribution in [2.24, 2.45) is 0 Å². The molecule has 1 aromatic heterocycles. The van der Waals surface area contributed by atoms with Crippen molar-refractivity contribution in [1.29, 1.82) is 0 Å². The monoisotopic (exact) mass is 430 g/mol. The summed E-state index contributed by atoms with van der Waals surface area (Å²) in [5, 5.41) is 2.74. The highest BCUT2D eigenvalue weighted by molar-refractivity contribution is 9.13. The molecule has 0 bridgehead atoms. The Labute approximate surface area is 143 Å². The molecule has 0 saturated carbocycles. The number of benzene rings is 1. The van der Waals surface area contributed by atoms with E-state index in [1.165, 1.54) is 7.11 Å². The summed E-state index contributed by atoms with van der Waals surface area (Å²) in [5.41, 5.74) is 1.03. The Kier molecular flexibility index (Phi) is 5.62. The molecule has 0 aliphatic carbocycles. The maximum absolute atomic E-state index is 12.0. The average Bonchev–Trinajstić information content (AvgIpc) is 2.86. The Morgan fingerprint density at radius 2 is 1.91 bits per heavy atom. The Morgan fingerprint density at radius 3 is 2.45 bits per heavy atom. The lowest BCUT2D eigenvalue weighted by Crippen LogP contribution is -2.13. The number of nitrogens with one attached hydrogen (secondary N) is 2. The summed E-state index contributed by atoms with van der Waals surface area (Å²) in [4.78, 5) is 25.9. The standard InChI is InChI=1S/C14H12Br2N2O4/c1-21-12(19)7-22-9-4-2-8(3-5-9)17-14(20)11-6-10(15)13(16)18-11/h2-6,18H,7H2,1H3,(H,17,20). The van der Waals surface area contributed by atoms with Gasteiger partial charge < -0.3 is 19.8 Å². The predicted molar refractivity (Wildman–Crippen MR) is 88.1 cm³/mol. The van der Waals surface area contributed by atoms with Gasteiger partial charge in [0.05, 0.1) is 16.2 Å². The zero-order valence-corrected chi connectivity index (χ0v) is 14.7. The number of H-pyrrole nitrogens is 1. The molecule has 6 nitrogen and oxygen atoms in total. The number of rotatable bonds is 5. The molecule has 0 spiro atoms. The van der Waals surface area contributed by atoms with Crippen LogP contribution in [0.5, 0.6) is 5.75 Å². The van der Waals surface area contributed by atoms with Gasteiger partial charge in [0.25, 0.3) is 5.91 Å². The van der Waals surface area contributed by atoms with E-state index in [2.05, 4.69) is 46.9 Å². The van der Waals surface area contributed by atoms with E-state index in [1.807, 2.05) is 0 Å². The van der Waals surface area contributed by atoms with Crippen molar-refractivity contribution in [1.82, 2.24) is 4.98 Å². The molecule has 0 saturated heterocycles. The maximum atomic E-state index is 12.0. The van der Waals surface area contributed by atoms with Gasteiger partial charge in [0.2, 0.25) is 0 Å². The van der Waals surface area contributed by atoms with Crippen molar-refractivity contribution in [2.75, 3.05) is 19.0 Å². The molecular formula is C14H12Br2N2O4. The highest BCUT2D eigenvalue weighted by Crippen LogP contribution is 2.24. The van der Waals surface area contributed by atoms with Crippen molar-refractivity contribution < 1.29 is 19.1 Å². The van der Waals surface area contributed by atoms with Gasteiger partial charge in [0, 0.05) is 5.69 Å². The normalized spacial score (nSPS) is 10.1. The molecule has 0 fully saturated rings. The van der Waals surface area contributed by atoms with Crippen LogP contribution in [0.3, 0.4) is 0 Å². The number of esters is 1. The number of hydrogen-bond donors (Lipinski definition) is 2. The molecule has 8 heteroatoms. The number of carbonyl (C=O) groups is 2. The van der Waals surface area contributed by atoms with Gasteiger partial charge in [-0.3, -0.25) is 4.79 Å². The molecule has 0 radical (unpaired) electrons. The first-order valence-corrected chi connectivity index (χ1v) is 7.73. The number of ether oxygens (including phenoxy) is 2. The fourth-order valence-electron chi connectivity index (χ4n) is 1.56. The van der Waals surface area contributed by atoms with Crippen LogP contribution < -0.4 is 10.1 Å². The smallest absolute Gasteiger partial charge is 0.343 e. The van der Waals surface area contributed by atoms with E-state index in [-0.39, 0.29) is 12.5 Å². The Bertz CT molecular complexity index is 663. The van der Waals surface area contributed by atoms with Crippen molar-refractivity contribution in [2.45, 2.75) is 0 Å². The van der Waals surface area contributed by atoms with Crippen LogP contribution in [0.2, 0.25) is 0 Å². The van der Waals surface area contributed by atoms with Gasteiger partial charge in [-0.05, 0) is 62.2 Å². The third kappa shape index (κ3) is 4.35. The average molecular weight is 432 g/mol. The minimum atomic E-state index is -0.458. The van der Waals surface area contributed by atoms with Crippen molar-refractivity contribution in [3.63, 3.8) is 0 Å². The summed E-state index contributed by atoms with van der Waals surface area (Å²) >= 11 is 6.58. The van der Waals surface area contributed by atoms with Crippen molar-refractivity contribution >= 4 is 49.4 Å². The summed E-state index contributed by atoms with van der Waals surface area (Å²) in [7, 11) is 1.29. The fourth-order valence-corrected chi connectivity index (χ4v) is 2.22. The van der Waals surface area contributed by atoms with E-state index >= 15 is 0 Å². The summed E-state index contributed by atoms with van der Waals surface area (Å²) < 4.78 is 11.2. The van der Waals surface area contributed by atoms with Crippen LogP contribution >= 0.6 is 31.9 Å². The van der Waals surface area contributed by atoms with Gasteiger partial charge in [-0.1, -0.05) is 0 Å². The summed E-state index contributed by atoms with van der Waals surface area (Å²) in [6.45, 7) is -0.160. The molecule has 116 valence electrons. The van der Waals surface area contributed by atoms with E-state index in [0.717, 1.165) is 4.47 Å². The van der Waals surface area contributed by atoms with E-state index in [1.54, 1.807) is 30.3 Å². The van der Waals surface area contributed by atoms with Gasteiger partial charge in [0.15, 0.2) is 6.61 Å². The van der Waals surface area contributed by atoms with Crippen LogP contribution in [-0.2, 0) is 9.53 Å². The van der Waals surface area contributed by atoms with E-state index in [4.69, 9.17) is 4.74 Å². The van der Waals surface area contributed by atoms with Crippen LogP contribution in [0.4, 0.5) is 5.69 Å². The van der Waals surface area contributed by atoms with Crippen LogP contribution in [0.1, 0.15) is 10.5 Å². The Balaban J connectivity index is 1.96. The summed E-state index contributed by atoms with van der Waals surface area (Å²) in [6.07, 6.45) is 0. The van der Waals surface area contributed by atoms with Gasteiger partial charge >= 0.3 is 5.97 Å². The number of methoxy groups -OCH3 is 1. The largest absolute Gasteiger partial charge is 0.482 e. The molecule has 0 aliphatic rings. The fraction of sp³-hybridized carbons (Fsp3) is 0.143. The molecule has 0 unspecified atom stereocenters. The quantitative estimate of drug-likeness (QED) is 0.711. The Hall–Kier alpha value is -1.80. The molecule has 22 heavy (non-hydrogen) atoms. The highest BCUT2D eigenvalue weighted by Gasteiger charge is 2.11. The van der Waals surface area contributed by atoms with E-state index in [9.17, 15) is 9.59 Å². The lowest BCUT2D eigenvalue weighted by Gasteiger charge is -2.07. The number of carbonyl (C=O) groups excluding carboxylic acids is 2. The zero-order chi connectivity index (χ0) is 16.1. The summed E-state index contributed by atoms with van der Waals surface area (Å²) in [5.74, 6) is -0.219. The van der Waals surface area contributed by atoms with Gasteiger partial charge in [0.1, 0.15) is 11.4 Å². The second kappa shape index (κ2) is 7.46. The summed E-state index contributed by atoms with van der Waals surface area (Å²) in [6, 6.07) is 8.33. The second-order valence-corrected chi connectivity index (χ2v) is 5.84. The number of hydrogen-bond acceptors (Lipinski definition) is 4. The SMILES string of the molecule is COC(=O)COc1ccc(NC(=O)c2cc(Br)c(Br)[nH]2)cc1. The molecule has 1 aromatic carbocycles. The first kappa shape index (κ1) is 16.6. The lowest BCUT2D eigenvalue weighted by atomic mass is 10.3.